The molecule has 1 amide bonds. The van der Waals surface area contributed by atoms with Gasteiger partial charge in [-0.25, -0.2) is 13.4 Å². The van der Waals surface area contributed by atoms with Gasteiger partial charge in [-0.05, 0) is 48.8 Å². The summed E-state index contributed by atoms with van der Waals surface area (Å²) in [6.45, 7) is 1.23. The molecule has 10 heteroatoms. The lowest BCUT2D eigenvalue weighted by Gasteiger charge is -2.25. The smallest absolute Gasteiger partial charge is 0.263 e. The molecule has 1 aliphatic heterocycles. The molecule has 162 valence electrons. The van der Waals surface area contributed by atoms with E-state index in [1.807, 2.05) is 12.1 Å². The number of rotatable bonds is 7. The summed E-state index contributed by atoms with van der Waals surface area (Å²) in [5.74, 6) is 1.73. The average Bonchev–Trinajstić information content (AvgIpc) is 3.45. The summed E-state index contributed by atoms with van der Waals surface area (Å²) in [6.07, 6.45) is 6.35. The number of sulfonamides is 1. The van der Waals surface area contributed by atoms with Crippen LogP contribution in [0.15, 0.2) is 34.7 Å². The monoisotopic (exact) mass is 467 g/mol. The average molecular weight is 468 g/mol. The Kier molecular flexibility index (Phi) is 6.97. The van der Waals surface area contributed by atoms with Crippen LogP contribution in [0.1, 0.15) is 40.9 Å². The Hall–Kier alpha value is -1.62. The molecule has 7 nitrogen and oxygen atoms in total. The first-order chi connectivity index (χ1) is 14.5. The maximum atomic E-state index is 13.0. The van der Waals surface area contributed by atoms with Gasteiger partial charge in [0.1, 0.15) is 15.9 Å². The zero-order valence-corrected chi connectivity index (χ0v) is 19.0. The highest BCUT2D eigenvalue weighted by molar-refractivity contribution is 7.99. The fourth-order valence-electron chi connectivity index (χ4n) is 3.66. The molecule has 4 rings (SSSR count). The van der Waals surface area contributed by atoms with Gasteiger partial charge in [0.15, 0.2) is 0 Å². The number of nitrogens with one attached hydrogen (secondary N) is 1. The molecule has 0 aromatic carbocycles. The number of nitrogens with zero attached hydrogens (tertiary/aromatic N) is 2. The van der Waals surface area contributed by atoms with Crippen LogP contribution in [0.5, 0.6) is 5.88 Å². The highest BCUT2D eigenvalue weighted by atomic mass is 32.2. The van der Waals surface area contributed by atoms with Gasteiger partial charge < -0.3 is 10.1 Å². The van der Waals surface area contributed by atoms with Gasteiger partial charge in [0, 0.05) is 43.4 Å². The molecule has 3 heterocycles. The molecule has 0 atom stereocenters. The van der Waals surface area contributed by atoms with E-state index in [9.17, 15) is 13.2 Å². The molecule has 2 fully saturated rings. The Bertz CT molecular complexity index is 981. The van der Waals surface area contributed by atoms with E-state index in [0.717, 1.165) is 41.2 Å². The van der Waals surface area contributed by atoms with Gasteiger partial charge in [0.05, 0.1) is 0 Å². The van der Waals surface area contributed by atoms with E-state index < -0.39 is 10.0 Å². The van der Waals surface area contributed by atoms with Crippen molar-refractivity contribution in [1.82, 2.24) is 14.6 Å². The standard InChI is InChI=1S/C20H25N3O4S3/c24-20(19-17(6-10-29-19)30(25,26)23-8-11-28-12-9-23)22-14-15-5-7-21-18(13-15)27-16-3-1-2-4-16/h5-7,10,13,16H,1-4,8-9,11-12,14H2,(H,22,24). The number of aromatic nitrogens is 1. The second-order valence-electron chi connectivity index (χ2n) is 7.34. The Morgan fingerprint density at radius 2 is 2.00 bits per heavy atom. The van der Waals surface area contributed by atoms with Crippen molar-refractivity contribution in [1.29, 1.82) is 0 Å². The van der Waals surface area contributed by atoms with E-state index in [-0.39, 0.29) is 28.3 Å². The van der Waals surface area contributed by atoms with Gasteiger partial charge in [0.2, 0.25) is 15.9 Å². The van der Waals surface area contributed by atoms with Gasteiger partial charge in [-0.15, -0.1) is 11.3 Å². The van der Waals surface area contributed by atoms with Crippen molar-refractivity contribution in [2.24, 2.45) is 0 Å². The van der Waals surface area contributed by atoms with Gasteiger partial charge >= 0.3 is 0 Å². The number of thioether (sulfide) groups is 1. The van der Waals surface area contributed by atoms with E-state index in [0.29, 0.717) is 19.0 Å². The Morgan fingerprint density at radius 3 is 2.77 bits per heavy atom. The van der Waals surface area contributed by atoms with Crippen molar-refractivity contribution in [2.45, 2.75) is 43.2 Å². The number of carbonyl (C=O) groups is 1. The summed E-state index contributed by atoms with van der Waals surface area (Å²) in [5, 5.41) is 4.49. The molecule has 1 saturated heterocycles. The first-order valence-electron chi connectivity index (χ1n) is 10.1. The molecule has 0 radical (unpaired) electrons. The molecule has 2 aliphatic rings. The number of ether oxygens (including phenoxy) is 1. The summed E-state index contributed by atoms with van der Waals surface area (Å²) in [5.41, 5.74) is 0.861. The van der Waals surface area contributed by atoms with Crippen molar-refractivity contribution in [3.63, 3.8) is 0 Å². The van der Waals surface area contributed by atoms with Gasteiger partial charge in [-0.2, -0.15) is 16.1 Å². The van der Waals surface area contributed by atoms with Crippen molar-refractivity contribution in [3.05, 3.63) is 40.2 Å². The van der Waals surface area contributed by atoms with E-state index in [4.69, 9.17) is 4.74 Å². The summed E-state index contributed by atoms with van der Waals surface area (Å²) in [6, 6.07) is 5.17. The van der Waals surface area contributed by atoms with Crippen LogP contribution >= 0.6 is 23.1 Å². The van der Waals surface area contributed by atoms with E-state index in [1.54, 1.807) is 23.3 Å². The second kappa shape index (κ2) is 9.67. The molecule has 2 aromatic rings. The minimum absolute atomic E-state index is 0.0943. The quantitative estimate of drug-likeness (QED) is 0.673. The first-order valence-corrected chi connectivity index (χ1v) is 13.6. The highest BCUT2D eigenvalue weighted by Crippen LogP contribution is 2.27. The predicted molar refractivity (Wildman–Crippen MR) is 119 cm³/mol. The lowest BCUT2D eigenvalue weighted by atomic mass is 10.2. The van der Waals surface area contributed by atoms with Gasteiger partial charge in [-0.1, -0.05) is 0 Å². The van der Waals surface area contributed by atoms with E-state index >= 15 is 0 Å². The molecule has 1 saturated carbocycles. The summed E-state index contributed by atoms with van der Waals surface area (Å²) in [7, 11) is -3.66. The Morgan fingerprint density at radius 1 is 1.23 bits per heavy atom. The number of pyridine rings is 1. The normalized spacial score (nSPS) is 18.4. The van der Waals surface area contributed by atoms with Crippen LogP contribution in [-0.4, -0.2) is 54.3 Å². The SMILES string of the molecule is O=C(NCc1ccnc(OC2CCCC2)c1)c1sccc1S(=O)(=O)N1CCSCC1. The Balaban J connectivity index is 1.41. The number of hydrogen-bond acceptors (Lipinski definition) is 7. The van der Waals surface area contributed by atoms with Crippen LogP contribution in [0, 0.1) is 0 Å². The van der Waals surface area contributed by atoms with Crippen LogP contribution in [0.25, 0.3) is 0 Å². The van der Waals surface area contributed by atoms with Crippen molar-refractivity contribution >= 4 is 39.0 Å². The van der Waals surface area contributed by atoms with E-state index in [2.05, 4.69) is 10.3 Å². The van der Waals surface area contributed by atoms with Crippen LogP contribution in [0.4, 0.5) is 0 Å². The number of amides is 1. The first kappa shape index (κ1) is 21.6. The third-order valence-electron chi connectivity index (χ3n) is 5.27. The fourth-order valence-corrected chi connectivity index (χ4v) is 7.55. The molecule has 1 N–H and O–H groups in total. The molecule has 1 aliphatic carbocycles. The second-order valence-corrected chi connectivity index (χ2v) is 11.4. The van der Waals surface area contributed by atoms with E-state index in [1.165, 1.54) is 23.2 Å². The van der Waals surface area contributed by atoms with Crippen LogP contribution in [0.3, 0.4) is 0 Å². The van der Waals surface area contributed by atoms with Crippen molar-refractivity contribution in [3.8, 4) is 5.88 Å². The highest BCUT2D eigenvalue weighted by Gasteiger charge is 2.31. The van der Waals surface area contributed by atoms with Gasteiger partial charge in [0.25, 0.3) is 5.91 Å². The maximum Gasteiger partial charge on any atom is 0.263 e. The fraction of sp³-hybridized carbons (Fsp3) is 0.500. The molecule has 2 aromatic heterocycles. The molecule has 30 heavy (non-hydrogen) atoms. The molecule has 0 unspecified atom stereocenters. The zero-order valence-electron chi connectivity index (χ0n) is 16.6. The number of hydrogen-bond donors (Lipinski definition) is 1. The summed E-state index contributed by atoms with van der Waals surface area (Å²) in [4.78, 5) is 17.3. The van der Waals surface area contributed by atoms with Crippen molar-refractivity contribution < 1.29 is 17.9 Å². The molecule has 0 bridgehead atoms. The largest absolute Gasteiger partial charge is 0.474 e. The van der Waals surface area contributed by atoms with Crippen molar-refractivity contribution in [2.75, 3.05) is 24.6 Å². The lowest BCUT2D eigenvalue weighted by Crippen LogP contribution is -2.38. The third-order valence-corrected chi connectivity index (χ3v) is 9.19. The summed E-state index contributed by atoms with van der Waals surface area (Å²) < 4.78 is 33.3. The van der Waals surface area contributed by atoms with Gasteiger partial charge in [-0.3, -0.25) is 4.79 Å². The third kappa shape index (κ3) is 4.99. The van der Waals surface area contributed by atoms with Crippen LogP contribution < -0.4 is 10.1 Å². The minimum atomic E-state index is -3.66. The number of carbonyl (C=O) groups excluding carboxylic acids is 1. The molecular weight excluding hydrogens is 442 g/mol. The number of thiophene rings is 1. The zero-order chi connectivity index (χ0) is 21.0. The maximum absolute atomic E-state index is 13.0. The summed E-state index contributed by atoms with van der Waals surface area (Å²) >= 11 is 2.89. The predicted octanol–water partition coefficient (Wildman–Crippen LogP) is 3.13. The lowest BCUT2D eigenvalue weighted by molar-refractivity contribution is 0.0951. The van der Waals surface area contributed by atoms with Crippen LogP contribution in [-0.2, 0) is 16.6 Å². The molecule has 0 spiro atoms. The van der Waals surface area contributed by atoms with Crippen LogP contribution in [0.2, 0.25) is 0 Å². The minimum Gasteiger partial charge on any atom is -0.474 e. The Labute approximate surface area is 185 Å². The topological polar surface area (TPSA) is 88.6 Å². The molecular formula is C20H25N3O4S3.